The number of rotatable bonds is 0. The third-order valence-electron chi connectivity index (χ3n) is 1.40. The van der Waals surface area contributed by atoms with Gasteiger partial charge in [-0.1, -0.05) is 0 Å². The lowest BCUT2D eigenvalue weighted by Gasteiger charge is -1.91. The second-order valence-corrected chi connectivity index (χ2v) is 2.12. The molecule has 1 radical (unpaired) electrons. The zero-order valence-corrected chi connectivity index (χ0v) is 5.16. The largest absolute Gasteiger partial charge is 0.337 e. The lowest BCUT2D eigenvalue weighted by molar-refractivity contribution is -0.194. The van der Waals surface area contributed by atoms with Crippen LogP contribution in [0.4, 0.5) is 0 Å². The first-order valence-corrected chi connectivity index (χ1v) is 2.96. The van der Waals surface area contributed by atoms with Gasteiger partial charge in [-0.25, -0.2) is 0 Å². The SMILES string of the molecule is [O]c1ccc2c(c1)COO2. The lowest BCUT2D eigenvalue weighted by Crippen LogP contribution is -1.80. The summed E-state index contributed by atoms with van der Waals surface area (Å²) < 4.78 is 0. The minimum absolute atomic E-state index is 0.00662. The Bertz CT molecular complexity index is 257. The van der Waals surface area contributed by atoms with Crippen LogP contribution in [0.1, 0.15) is 5.56 Å². The van der Waals surface area contributed by atoms with E-state index in [9.17, 15) is 5.11 Å². The molecule has 0 bridgehead atoms. The van der Waals surface area contributed by atoms with E-state index in [0.717, 1.165) is 5.56 Å². The summed E-state index contributed by atoms with van der Waals surface area (Å²) in [7, 11) is 0. The van der Waals surface area contributed by atoms with Gasteiger partial charge in [0.1, 0.15) is 6.61 Å². The summed E-state index contributed by atoms with van der Waals surface area (Å²) in [5.41, 5.74) is 0.826. The van der Waals surface area contributed by atoms with Crippen LogP contribution in [0, 0.1) is 0 Å². The molecule has 3 nitrogen and oxygen atoms in total. The van der Waals surface area contributed by atoms with Crippen LogP contribution in [-0.2, 0) is 16.6 Å². The predicted octanol–water partition coefficient (Wildman–Crippen LogP) is 1.65. The molecule has 0 unspecified atom stereocenters. The molecule has 0 spiro atoms. The molecule has 0 amide bonds. The Balaban J connectivity index is 2.52. The minimum atomic E-state index is -0.00662. The van der Waals surface area contributed by atoms with E-state index in [0.29, 0.717) is 12.4 Å². The van der Waals surface area contributed by atoms with Crippen molar-refractivity contribution < 1.29 is 14.9 Å². The molecule has 51 valence electrons. The van der Waals surface area contributed by atoms with Crippen molar-refractivity contribution in [1.29, 1.82) is 0 Å². The molecule has 0 N–H and O–H groups in total. The van der Waals surface area contributed by atoms with Crippen molar-refractivity contribution >= 4 is 0 Å². The second kappa shape index (κ2) is 1.88. The van der Waals surface area contributed by atoms with E-state index in [2.05, 4.69) is 4.89 Å². The number of hydrogen-bond donors (Lipinski definition) is 0. The maximum Gasteiger partial charge on any atom is 0.179 e. The van der Waals surface area contributed by atoms with Crippen LogP contribution in [0.3, 0.4) is 0 Å². The Labute approximate surface area is 57.7 Å². The maximum absolute atomic E-state index is 10.7. The van der Waals surface area contributed by atoms with Gasteiger partial charge in [0.05, 0.1) is 0 Å². The maximum atomic E-state index is 10.7. The van der Waals surface area contributed by atoms with Gasteiger partial charge in [0, 0.05) is 5.56 Å². The van der Waals surface area contributed by atoms with Crippen LogP contribution < -0.4 is 4.89 Å². The first-order chi connectivity index (χ1) is 4.86. The van der Waals surface area contributed by atoms with Gasteiger partial charge >= 0.3 is 0 Å². The van der Waals surface area contributed by atoms with E-state index in [-0.39, 0.29) is 5.75 Å². The normalized spacial score (nSPS) is 14.4. The van der Waals surface area contributed by atoms with Gasteiger partial charge in [0.25, 0.3) is 0 Å². The van der Waals surface area contributed by atoms with Gasteiger partial charge < -0.3 is 4.89 Å². The van der Waals surface area contributed by atoms with Crippen LogP contribution in [-0.4, -0.2) is 0 Å². The fraction of sp³-hybridized carbons (Fsp3) is 0.143. The number of fused-ring (bicyclic) bond motifs is 1. The van der Waals surface area contributed by atoms with E-state index in [1.165, 1.54) is 12.1 Å². The highest BCUT2D eigenvalue weighted by Crippen LogP contribution is 2.28. The summed E-state index contributed by atoms with van der Waals surface area (Å²) in [5.74, 6) is 0.646. The molecule has 1 aliphatic rings. The van der Waals surface area contributed by atoms with Crippen molar-refractivity contribution in [2.24, 2.45) is 0 Å². The average molecular weight is 137 g/mol. The molecule has 1 aromatic rings. The van der Waals surface area contributed by atoms with Gasteiger partial charge in [-0.3, -0.25) is 5.11 Å². The monoisotopic (exact) mass is 137 g/mol. The molecular formula is C7H5O3. The second-order valence-electron chi connectivity index (χ2n) is 2.12. The summed E-state index contributed by atoms with van der Waals surface area (Å²) in [5, 5.41) is 10.7. The van der Waals surface area contributed by atoms with Crippen LogP contribution in [0.5, 0.6) is 11.5 Å². The van der Waals surface area contributed by atoms with E-state index in [4.69, 9.17) is 4.89 Å². The van der Waals surface area contributed by atoms with Crippen molar-refractivity contribution in [1.82, 2.24) is 0 Å². The van der Waals surface area contributed by atoms with Gasteiger partial charge in [-0.05, 0) is 18.2 Å². The first-order valence-electron chi connectivity index (χ1n) is 2.96. The Hall–Kier alpha value is -1.22. The van der Waals surface area contributed by atoms with Crippen LogP contribution in [0.2, 0.25) is 0 Å². The Morgan fingerprint density at radius 3 is 3.20 bits per heavy atom. The lowest BCUT2D eigenvalue weighted by atomic mass is 10.2. The molecule has 3 heteroatoms. The molecule has 0 aliphatic carbocycles. The van der Waals surface area contributed by atoms with Crippen LogP contribution in [0.15, 0.2) is 18.2 Å². The molecular weight excluding hydrogens is 132 g/mol. The highest BCUT2D eigenvalue weighted by Gasteiger charge is 2.13. The van der Waals surface area contributed by atoms with Gasteiger partial charge in [0.15, 0.2) is 11.5 Å². The van der Waals surface area contributed by atoms with E-state index >= 15 is 0 Å². The number of hydrogen-bond acceptors (Lipinski definition) is 2. The summed E-state index contributed by atoms with van der Waals surface area (Å²) in [6, 6.07) is 4.58. The molecule has 0 fully saturated rings. The molecule has 1 aromatic carbocycles. The third-order valence-corrected chi connectivity index (χ3v) is 1.40. The smallest absolute Gasteiger partial charge is 0.179 e. The van der Waals surface area contributed by atoms with E-state index in [1.54, 1.807) is 6.07 Å². The molecule has 0 saturated carbocycles. The molecule has 0 aromatic heterocycles. The Morgan fingerprint density at radius 1 is 1.40 bits per heavy atom. The molecule has 1 aliphatic heterocycles. The molecule has 0 atom stereocenters. The van der Waals surface area contributed by atoms with E-state index in [1.807, 2.05) is 0 Å². The first kappa shape index (κ1) is 5.56. The van der Waals surface area contributed by atoms with Crippen molar-refractivity contribution in [3.05, 3.63) is 23.8 Å². The zero-order chi connectivity index (χ0) is 6.97. The van der Waals surface area contributed by atoms with Crippen LogP contribution >= 0.6 is 0 Å². The molecule has 0 saturated heterocycles. The van der Waals surface area contributed by atoms with Crippen molar-refractivity contribution in [2.45, 2.75) is 6.61 Å². The van der Waals surface area contributed by atoms with E-state index < -0.39 is 0 Å². The van der Waals surface area contributed by atoms with Gasteiger partial charge in [0.2, 0.25) is 0 Å². The molecule has 10 heavy (non-hydrogen) atoms. The highest BCUT2D eigenvalue weighted by atomic mass is 17.2. The van der Waals surface area contributed by atoms with Gasteiger partial charge in [-0.15, -0.1) is 0 Å². The summed E-state index contributed by atoms with van der Waals surface area (Å²) >= 11 is 0. The van der Waals surface area contributed by atoms with Crippen molar-refractivity contribution in [3.8, 4) is 11.5 Å². The topological polar surface area (TPSA) is 38.4 Å². The van der Waals surface area contributed by atoms with Crippen molar-refractivity contribution in [3.63, 3.8) is 0 Å². The average Bonchev–Trinajstić information content (AvgIpc) is 2.33. The summed E-state index contributed by atoms with van der Waals surface area (Å²) in [4.78, 5) is 9.35. The third kappa shape index (κ3) is 0.717. The summed E-state index contributed by atoms with van der Waals surface area (Å²) in [6.45, 7) is 0.380. The molecule has 2 rings (SSSR count). The predicted molar refractivity (Wildman–Crippen MR) is 32.0 cm³/mol. The summed E-state index contributed by atoms with van der Waals surface area (Å²) in [6.07, 6.45) is 0. The van der Waals surface area contributed by atoms with Gasteiger partial charge in [-0.2, -0.15) is 4.89 Å². The standard InChI is InChI=1S/C7H5O3/c8-6-1-2-7-5(3-6)4-9-10-7/h1-3H,4H2. The van der Waals surface area contributed by atoms with Crippen molar-refractivity contribution in [2.75, 3.05) is 0 Å². The Kier molecular flexibility index (Phi) is 1.05. The highest BCUT2D eigenvalue weighted by molar-refractivity contribution is 5.39. The minimum Gasteiger partial charge on any atom is -0.337 e. The fourth-order valence-corrected chi connectivity index (χ4v) is 0.906. The Morgan fingerprint density at radius 2 is 2.30 bits per heavy atom. The quantitative estimate of drug-likeness (QED) is 0.510. The van der Waals surface area contributed by atoms with Crippen LogP contribution in [0.25, 0.3) is 0 Å². The zero-order valence-electron chi connectivity index (χ0n) is 5.16. The number of benzene rings is 1. The fourth-order valence-electron chi connectivity index (χ4n) is 0.906. The molecule has 1 heterocycles.